The van der Waals surface area contributed by atoms with Crippen LogP contribution >= 0.6 is 12.4 Å². The first-order valence-electron chi connectivity index (χ1n) is 12.7. The molecule has 0 unspecified atom stereocenters. The molecule has 2 aliphatic rings. The van der Waals surface area contributed by atoms with Crippen LogP contribution in [0.25, 0.3) is 22.0 Å². The van der Waals surface area contributed by atoms with Crippen LogP contribution in [0.4, 0.5) is 15.8 Å². The Bertz CT molecular complexity index is 1620. The Labute approximate surface area is 238 Å². The SMILES string of the molecule is CC(C)NCCOc1ncc(-c2cc3c4c(cnc3cc2F)N(C)C(=O)C42CCC2)cc1NS(=O)(=O)CC#N.Cl. The molecule has 0 saturated heterocycles. The predicted octanol–water partition coefficient (Wildman–Crippen LogP) is 3.90. The summed E-state index contributed by atoms with van der Waals surface area (Å²) in [5.41, 5.74) is 1.85. The lowest BCUT2D eigenvalue weighted by molar-refractivity contribution is -0.125. The number of pyridine rings is 2. The summed E-state index contributed by atoms with van der Waals surface area (Å²) in [6.07, 6.45) is 5.40. The quantitative estimate of drug-likeness (QED) is 0.359. The van der Waals surface area contributed by atoms with Gasteiger partial charge in [-0.05, 0) is 25.0 Å². The second kappa shape index (κ2) is 11.2. The minimum Gasteiger partial charge on any atom is -0.475 e. The number of benzene rings is 1. The molecule has 0 radical (unpaired) electrons. The van der Waals surface area contributed by atoms with Crippen LogP contribution in [0.1, 0.15) is 38.7 Å². The number of aromatic nitrogens is 2. The van der Waals surface area contributed by atoms with Gasteiger partial charge >= 0.3 is 0 Å². The number of ether oxygens (including phenoxy) is 1. The summed E-state index contributed by atoms with van der Waals surface area (Å²) in [4.78, 5) is 23.5. The maximum Gasteiger partial charge on any atom is 0.246 e. The van der Waals surface area contributed by atoms with Crippen molar-refractivity contribution in [3.63, 3.8) is 0 Å². The van der Waals surface area contributed by atoms with Gasteiger partial charge in [-0.1, -0.05) is 20.3 Å². The van der Waals surface area contributed by atoms with Gasteiger partial charge in [0.2, 0.25) is 21.8 Å². The number of likely N-dealkylation sites (N-methyl/N-ethyl adjacent to an activating group) is 1. The average molecular weight is 589 g/mol. The summed E-state index contributed by atoms with van der Waals surface area (Å²) >= 11 is 0. The molecule has 5 rings (SSSR count). The van der Waals surface area contributed by atoms with E-state index < -0.39 is 27.0 Å². The van der Waals surface area contributed by atoms with Gasteiger partial charge in [0, 0.05) is 54.0 Å². The number of nitriles is 1. The van der Waals surface area contributed by atoms with Crippen molar-refractivity contribution >= 4 is 50.6 Å². The standard InChI is InChI=1S/C27H29FN6O4S.ClH/c1-16(2)30-8-9-38-25-22(33-39(36,37)10-7-29)11-17(14-32-25)18-12-19-21(13-20(18)28)31-15-23-24(19)27(5-4-6-27)26(35)34(23)3;/h11-16,30,33H,4-6,8-10H2,1-3H3;1H. The molecule has 3 aromatic rings. The Balaban J connectivity index is 0.00000370. The molecule has 1 aromatic carbocycles. The lowest BCUT2D eigenvalue weighted by atomic mass is 9.64. The highest BCUT2D eigenvalue weighted by molar-refractivity contribution is 7.92. The molecule has 0 atom stereocenters. The Morgan fingerprint density at radius 2 is 1.98 bits per heavy atom. The second-order valence-electron chi connectivity index (χ2n) is 10.2. The highest BCUT2D eigenvalue weighted by Crippen LogP contribution is 2.55. The van der Waals surface area contributed by atoms with Crippen LogP contribution in [-0.2, 0) is 20.2 Å². The first-order chi connectivity index (χ1) is 18.6. The van der Waals surface area contributed by atoms with Gasteiger partial charge in [0.25, 0.3) is 0 Å². The number of hydrogen-bond acceptors (Lipinski definition) is 8. The van der Waals surface area contributed by atoms with Gasteiger partial charge in [0.05, 0.1) is 28.9 Å². The highest BCUT2D eigenvalue weighted by Gasteiger charge is 2.54. The summed E-state index contributed by atoms with van der Waals surface area (Å²) in [5, 5.41) is 12.8. The van der Waals surface area contributed by atoms with Crippen molar-refractivity contribution in [3.8, 4) is 23.1 Å². The maximum absolute atomic E-state index is 15.4. The number of sulfonamides is 1. The van der Waals surface area contributed by atoms with E-state index in [-0.39, 0.29) is 48.1 Å². The molecule has 1 fully saturated rings. The van der Waals surface area contributed by atoms with Crippen LogP contribution in [0.5, 0.6) is 5.88 Å². The number of carbonyl (C=O) groups is 1. The van der Waals surface area contributed by atoms with Gasteiger partial charge in [-0.25, -0.2) is 17.8 Å². The Kier molecular flexibility index (Phi) is 8.21. The zero-order valence-corrected chi connectivity index (χ0v) is 24.0. The highest BCUT2D eigenvalue weighted by atomic mass is 35.5. The molecule has 1 aliphatic carbocycles. The summed E-state index contributed by atoms with van der Waals surface area (Å²) < 4.78 is 48.3. The number of halogens is 2. The summed E-state index contributed by atoms with van der Waals surface area (Å²) in [5.74, 6) is -1.31. The maximum atomic E-state index is 15.4. The third-order valence-corrected chi connectivity index (χ3v) is 8.31. The first kappa shape index (κ1) is 29.5. The number of fused-ring (bicyclic) bond motifs is 4. The Morgan fingerprint density at radius 3 is 2.62 bits per heavy atom. The molecule has 212 valence electrons. The fourth-order valence-corrected chi connectivity index (χ4v) is 6.01. The van der Waals surface area contributed by atoms with Gasteiger partial charge in [-0.15, -0.1) is 12.4 Å². The topological polar surface area (TPSA) is 137 Å². The number of carbonyl (C=O) groups excluding carboxylic acids is 1. The lowest BCUT2D eigenvalue weighted by Gasteiger charge is -2.37. The van der Waals surface area contributed by atoms with Crippen molar-refractivity contribution in [2.24, 2.45) is 0 Å². The van der Waals surface area contributed by atoms with Crippen LogP contribution in [0, 0.1) is 17.1 Å². The molecule has 0 bridgehead atoms. The van der Waals surface area contributed by atoms with Crippen molar-refractivity contribution in [1.29, 1.82) is 5.26 Å². The van der Waals surface area contributed by atoms with Crippen LogP contribution in [0.2, 0.25) is 0 Å². The third-order valence-electron chi connectivity index (χ3n) is 7.27. The Morgan fingerprint density at radius 1 is 1.23 bits per heavy atom. The number of nitrogens with zero attached hydrogens (tertiary/aromatic N) is 4. The predicted molar refractivity (Wildman–Crippen MR) is 153 cm³/mol. The van der Waals surface area contributed by atoms with Crippen LogP contribution < -0.4 is 19.7 Å². The van der Waals surface area contributed by atoms with E-state index in [9.17, 15) is 13.2 Å². The van der Waals surface area contributed by atoms with Crippen LogP contribution in [0.3, 0.4) is 0 Å². The van der Waals surface area contributed by atoms with E-state index >= 15 is 4.39 Å². The van der Waals surface area contributed by atoms with Crippen LogP contribution in [0.15, 0.2) is 30.6 Å². The zero-order valence-electron chi connectivity index (χ0n) is 22.3. The molecule has 1 saturated carbocycles. The van der Waals surface area contributed by atoms with Crippen molar-refractivity contribution in [3.05, 3.63) is 42.0 Å². The molecule has 10 nitrogen and oxygen atoms in total. The van der Waals surface area contributed by atoms with Crippen molar-refractivity contribution < 1.29 is 22.3 Å². The minimum atomic E-state index is -4.02. The van der Waals surface area contributed by atoms with Crippen molar-refractivity contribution in [2.75, 3.05) is 35.6 Å². The number of rotatable bonds is 9. The molecule has 1 spiro atoms. The molecule has 1 amide bonds. The van der Waals surface area contributed by atoms with Gasteiger partial charge in [0.1, 0.15) is 18.1 Å². The second-order valence-corrected chi connectivity index (χ2v) is 11.9. The Hall–Kier alpha value is -3.53. The summed E-state index contributed by atoms with van der Waals surface area (Å²) in [7, 11) is -2.29. The van der Waals surface area contributed by atoms with Crippen molar-refractivity contribution in [2.45, 2.75) is 44.6 Å². The molecule has 2 aromatic heterocycles. The molecular formula is C27H30ClFN6O4S. The van der Waals surface area contributed by atoms with Crippen LogP contribution in [-0.4, -0.2) is 56.3 Å². The van der Waals surface area contributed by atoms with E-state index in [1.54, 1.807) is 30.3 Å². The molecular weight excluding hydrogens is 559 g/mol. The molecule has 3 heterocycles. The van der Waals surface area contributed by atoms with E-state index in [4.69, 9.17) is 10.00 Å². The fraction of sp³-hybridized carbons (Fsp3) is 0.407. The normalized spacial score (nSPS) is 15.5. The summed E-state index contributed by atoms with van der Waals surface area (Å²) in [6.45, 7) is 4.68. The number of anilines is 2. The number of nitrogens with one attached hydrogen (secondary N) is 2. The smallest absolute Gasteiger partial charge is 0.246 e. The number of amides is 1. The summed E-state index contributed by atoms with van der Waals surface area (Å²) in [6, 6.07) is 6.26. The first-order valence-corrected chi connectivity index (χ1v) is 14.4. The van der Waals surface area contributed by atoms with E-state index in [0.29, 0.717) is 28.7 Å². The van der Waals surface area contributed by atoms with Crippen molar-refractivity contribution in [1.82, 2.24) is 15.3 Å². The number of hydrogen-bond donors (Lipinski definition) is 2. The molecule has 13 heteroatoms. The van der Waals surface area contributed by atoms with Gasteiger partial charge in [-0.3, -0.25) is 14.5 Å². The lowest BCUT2D eigenvalue weighted by Crippen LogP contribution is -2.43. The molecule has 1 aliphatic heterocycles. The van der Waals surface area contributed by atoms with Gasteiger partial charge < -0.3 is 15.0 Å². The van der Waals surface area contributed by atoms with E-state index in [0.717, 1.165) is 24.8 Å². The van der Waals surface area contributed by atoms with E-state index in [2.05, 4.69) is 20.0 Å². The molecule has 40 heavy (non-hydrogen) atoms. The monoisotopic (exact) mass is 588 g/mol. The van der Waals surface area contributed by atoms with Gasteiger partial charge in [-0.2, -0.15) is 5.26 Å². The van der Waals surface area contributed by atoms with E-state index in [1.807, 2.05) is 13.8 Å². The third kappa shape index (κ3) is 5.16. The zero-order chi connectivity index (χ0) is 27.9. The molecule has 2 N–H and O–H groups in total. The fourth-order valence-electron chi connectivity index (χ4n) is 5.28. The van der Waals surface area contributed by atoms with Gasteiger partial charge in [0.15, 0.2) is 5.75 Å². The van der Waals surface area contributed by atoms with E-state index in [1.165, 1.54) is 18.3 Å². The average Bonchev–Trinajstić information content (AvgIpc) is 3.09. The minimum absolute atomic E-state index is 0. The largest absolute Gasteiger partial charge is 0.475 e.